The maximum atomic E-state index is 11.6. The van der Waals surface area contributed by atoms with E-state index in [1.54, 1.807) is 18.3 Å². The van der Waals surface area contributed by atoms with E-state index >= 15 is 0 Å². The summed E-state index contributed by atoms with van der Waals surface area (Å²) < 4.78 is 15.9. The molecule has 1 atom stereocenters. The maximum absolute atomic E-state index is 11.6. The molecule has 4 aromatic heterocycles. The van der Waals surface area contributed by atoms with E-state index in [1.807, 2.05) is 47.1 Å². The lowest BCUT2D eigenvalue weighted by Crippen LogP contribution is -2.35. The lowest BCUT2D eigenvalue weighted by Gasteiger charge is -2.32. The summed E-state index contributed by atoms with van der Waals surface area (Å²) in [6.07, 6.45) is 8.87. The van der Waals surface area contributed by atoms with Crippen LogP contribution in [0.3, 0.4) is 0 Å². The molecule has 0 radical (unpaired) electrons. The molecular formula is C31H32N6O4. The van der Waals surface area contributed by atoms with Gasteiger partial charge in [0.15, 0.2) is 0 Å². The average molecular weight is 553 g/mol. The number of hydrogen-bond donors (Lipinski definition) is 1. The van der Waals surface area contributed by atoms with Crippen LogP contribution in [0.4, 0.5) is 0 Å². The number of piperidine rings is 1. The second-order valence-corrected chi connectivity index (χ2v) is 10.9. The maximum Gasteiger partial charge on any atom is 0.335 e. The Kier molecular flexibility index (Phi) is 6.85. The average Bonchev–Trinajstić information content (AvgIpc) is 3.57. The van der Waals surface area contributed by atoms with Crippen molar-refractivity contribution < 1.29 is 19.4 Å². The third-order valence-corrected chi connectivity index (χ3v) is 8.22. The number of imidazole rings is 2. The molecule has 0 amide bonds. The number of fused-ring (bicyclic) bond motifs is 2. The smallest absolute Gasteiger partial charge is 0.335 e. The van der Waals surface area contributed by atoms with Crippen molar-refractivity contribution in [1.29, 1.82) is 0 Å². The predicted molar refractivity (Wildman–Crippen MR) is 152 cm³/mol. The van der Waals surface area contributed by atoms with Crippen LogP contribution in [-0.2, 0) is 24.4 Å². The molecule has 1 unspecified atom stereocenters. The van der Waals surface area contributed by atoms with Gasteiger partial charge in [0.1, 0.15) is 18.1 Å². The van der Waals surface area contributed by atoms with Crippen molar-refractivity contribution in [1.82, 2.24) is 28.8 Å². The van der Waals surface area contributed by atoms with Crippen LogP contribution in [0.15, 0.2) is 67.1 Å². The van der Waals surface area contributed by atoms with Gasteiger partial charge < -0.3 is 23.5 Å². The molecule has 0 aliphatic carbocycles. The van der Waals surface area contributed by atoms with Gasteiger partial charge in [0, 0.05) is 42.9 Å². The second-order valence-electron chi connectivity index (χ2n) is 10.9. The first-order valence-electron chi connectivity index (χ1n) is 14.2. The van der Waals surface area contributed by atoms with Crippen LogP contribution < -0.4 is 4.74 Å². The van der Waals surface area contributed by atoms with E-state index in [9.17, 15) is 9.90 Å². The first kappa shape index (κ1) is 25.7. The van der Waals surface area contributed by atoms with E-state index in [4.69, 9.17) is 19.4 Å². The van der Waals surface area contributed by atoms with E-state index < -0.39 is 5.97 Å². The number of pyridine rings is 2. The first-order chi connectivity index (χ1) is 20.1. The molecule has 2 aliphatic rings. The Morgan fingerprint density at radius 3 is 2.73 bits per heavy atom. The molecule has 5 aromatic rings. The number of nitrogens with zero attached hydrogens (tertiary/aromatic N) is 6. The molecule has 2 aliphatic heterocycles. The van der Waals surface area contributed by atoms with Crippen LogP contribution in [0.2, 0.25) is 0 Å². The van der Waals surface area contributed by atoms with Crippen LogP contribution >= 0.6 is 0 Å². The molecule has 0 saturated carbocycles. The molecule has 210 valence electrons. The molecule has 2 fully saturated rings. The highest BCUT2D eigenvalue weighted by atomic mass is 16.5. The topological polar surface area (TPSA) is 107 Å². The lowest BCUT2D eigenvalue weighted by atomic mass is 9.93. The van der Waals surface area contributed by atoms with Gasteiger partial charge >= 0.3 is 5.97 Å². The van der Waals surface area contributed by atoms with E-state index in [2.05, 4.69) is 20.5 Å². The van der Waals surface area contributed by atoms with Crippen molar-refractivity contribution >= 4 is 22.6 Å². The largest absolute Gasteiger partial charge is 0.478 e. The Hall–Kier alpha value is -4.28. The van der Waals surface area contributed by atoms with E-state index in [-0.39, 0.29) is 11.7 Å². The van der Waals surface area contributed by atoms with E-state index in [0.717, 1.165) is 72.7 Å². The molecule has 1 aromatic carbocycles. The summed E-state index contributed by atoms with van der Waals surface area (Å²) >= 11 is 0. The molecule has 1 N–H and O–H groups in total. The van der Waals surface area contributed by atoms with Gasteiger partial charge in [0.05, 0.1) is 35.8 Å². The highest BCUT2D eigenvalue weighted by Gasteiger charge is 2.26. The second kappa shape index (κ2) is 10.9. The van der Waals surface area contributed by atoms with Gasteiger partial charge in [-0.3, -0.25) is 4.90 Å². The van der Waals surface area contributed by atoms with Crippen molar-refractivity contribution in [3.8, 4) is 5.88 Å². The van der Waals surface area contributed by atoms with Gasteiger partial charge in [-0.2, -0.15) is 0 Å². The van der Waals surface area contributed by atoms with Gasteiger partial charge in [-0.25, -0.2) is 19.7 Å². The number of carbonyl (C=O) groups is 1. The Balaban J connectivity index is 1.00. The summed E-state index contributed by atoms with van der Waals surface area (Å²) in [5, 5.41) is 9.51. The van der Waals surface area contributed by atoms with Crippen molar-refractivity contribution in [3.63, 3.8) is 0 Å². The third-order valence-electron chi connectivity index (χ3n) is 8.22. The molecule has 0 spiro atoms. The number of carboxylic acids is 1. The monoisotopic (exact) mass is 552 g/mol. The molecule has 2 saturated heterocycles. The lowest BCUT2D eigenvalue weighted by molar-refractivity contribution is -0.0592. The summed E-state index contributed by atoms with van der Waals surface area (Å²) in [7, 11) is 0. The Morgan fingerprint density at radius 2 is 1.93 bits per heavy atom. The quantitative estimate of drug-likeness (QED) is 0.284. The van der Waals surface area contributed by atoms with Crippen molar-refractivity contribution in [2.45, 2.75) is 51.0 Å². The Bertz CT molecular complexity index is 1700. The van der Waals surface area contributed by atoms with Crippen LogP contribution in [-0.4, -0.2) is 65.7 Å². The minimum absolute atomic E-state index is 0.152. The zero-order valence-electron chi connectivity index (χ0n) is 22.7. The highest BCUT2D eigenvalue weighted by Crippen LogP contribution is 2.30. The molecule has 10 nitrogen and oxygen atoms in total. The summed E-state index contributed by atoms with van der Waals surface area (Å²) in [6, 6.07) is 15.3. The molecular weight excluding hydrogens is 520 g/mol. The van der Waals surface area contributed by atoms with Crippen molar-refractivity contribution in [3.05, 3.63) is 89.8 Å². The van der Waals surface area contributed by atoms with E-state index in [0.29, 0.717) is 31.5 Å². The first-order valence-corrected chi connectivity index (χ1v) is 14.2. The number of hydrogen-bond acceptors (Lipinski definition) is 7. The molecule has 7 rings (SSSR count). The Labute approximate surface area is 237 Å². The molecule has 41 heavy (non-hydrogen) atoms. The van der Waals surface area contributed by atoms with Crippen LogP contribution in [0.5, 0.6) is 5.88 Å². The number of benzene rings is 1. The standard InChI is InChI=1S/C31H32N6O4/c38-31(39)23-4-5-26-27(17-23)37(18-24-9-15-40-24)29(33-26)19-35-11-7-22(8-12-35)25-2-1-3-30(34-25)41-20-21-6-13-36-14-10-32-28(36)16-21/h1-6,10,13-14,16-17,22,24H,7-9,11-12,15,18-20H2,(H,38,39). The van der Waals surface area contributed by atoms with Crippen LogP contribution in [0, 0.1) is 0 Å². The summed E-state index contributed by atoms with van der Waals surface area (Å²) in [5.74, 6) is 1.04. The van der Waals surface area contributed by atoms with Gasteiger partial charge in [-0.05, 0) is 74.3 Å². The van der Waals surface area contributed by atoms with Gasteiger partial charge in [0.2, 0.25) is 5.88 Å². The Morgan fingerprint density at radius 1 is 1.05 bits per heavy atom. The highest BCUT2D eigenvalue weighted by molar-refractivity contribution is 5.92. The van der Waals surface area contributed by atoms with Crippen LogP contribution in [0.1, 0.15) is 52.6 Å². The number of aromatic nitrogens is 5. The third kappa shape index (κ3) is 5.40. The molecule has 10 heteroatoms. The minimum atomic E-state index is -0.929. The molecule has 6 heterocycles. The normalized spacial score (nSPS) is 18.1. The minimum Gasteiger partial charge on any atom is -0.478 e. The van der Waals surface area contributed by atoms with Crippen molar-refractivity contribution in [2.24, 2.45) is 0 Å². The fourth-order valence-electron chi connectivity index (χ4n) is 5.79. The number of rotatable bonds is 9. The fourth-order valence-corrected chi connectivity index (χ4v) is 5.79. The van der Waals surface area contributed by atoms with Gasteiger partial charge in [0.25, 0.3) is 0 Å². The summed E-state index contributed by atoms with van der Waals surface area (Å²) in [4.78, 5) is 28.1. The van der Waals surface area contributed by atoms with Gasteiger partial charge in [-0.1, -0.05) is 6.07 Å². The SMILES string of the molecule is O=C(O)c1ccc2nc(CN3CCC(c4cccc(OCc5ccn6ccnc6c5)n4)CC3)n(CC3CCO3)c2c1. The van der Waals surface area contributed by atoms with Crippen LogP contribution in [0.25, 0.3) is 16.7 Å². The fraction of sp³-hybridized carbons (Fsp3) is 0.355. The predicted octanol–water partition coefficient (Wildman–Crippen LogP) is 4.52. The summed E-state index contributed by atoms with van der Waals surface area (Å²) in [5.41, 5.74) is 4.98. The van der Waals surface area contributed by atoms with Gasteiger partial charge in [-0.15, -0.1) is 0 Å². The zero-order valence-corrected chi connectivity index (χ0v) is 22.7. The molecule has 0 bridgehead atoms. The number of aromatic carboxylic acids is 1. The summed E-state index contributed by atoms with van der Waals surface area (Å²) in [6.45, 7) is 4.50. The number of carboxylic acid groups (broad SMARTS) is 1. The van der Waals surface area contributed by atoms with Crippen molar-refractivity contribution in [2.75, 3.05) is 19.7 Å². The zero-order chi connectivity index (χ0) is 27.8. The number of likely N-dealkylation sites (tertiary alicyclic amines) is 1. The van der Waals surface area contributed by atoms with E-state index in [1.165, 1.54) is 0 Å². The number of ether oxygens (including phenoxy) is 2.